The quantitative estimate of drug-likeness (QED) is 0.668. The van der Waals surface area contributed by atoms with E-state index in [-0.39, 0.29) is 0 Å². The maximum atomic E-state index is 5.45. The van der Waals surface area contributed by atoms with Crippen LogP contribution in [0.2, 0.25) is 0 Å². The van der Waals surface area contributed by atoms with Crippen LogP contribution in [0, 0.1) is 3.57 Å². The number of hydrogen-bond donors (Lipinski definition) is 0. The molecular weight excluding hydrogens is 353 g/mol. The van der Waals surface area contributed by atoms with E-state index in [2.05, 4.69) is 32.8 Å². The van der Waals surface area contributed by atoms with Crippen molar-refractivity contribution < 1.29 is 4.74 Å². The maximum Gasteiger partial charge on any atom is 0.119 e. The van der Waals surface area contributed by atoms with Crippen molar-refractivity contribution in [3.8, 4) is 17.0 Å². The highest BCUT2D eigenvalue weighted by Gasteiger charge is 2.12. The summed E-state index contributed by atoms with van der Waals surface area (Å²) in [4.78, 5) is 0. The first-order valence-corrected chi connectivity index (χ1v) is 7.10. The molecule has 0 saturated heterocycles. The Bertz CT molecular complexity index is 706. The van der Waals surface area contributed by atoms with E-state index in [1.165, 1.54) is 0 Å². The van der Waals surface area contributed by atoms with Gasteiger partial charge in [0.05, 0.1) is 10.2 Å². The summed E-state index contributed by atoms with van der Waals surface area (Å²) in [5.41, 5.74) is 3.03. The molecule has 0 spiro atoms. The highest BCUT2D eigenvalue weighted by atomic mass is 127. The molecule has 96 valence electrons. The van der Waals surface area contributed by atoms with Gasteiger partial charge in [0.15, 0.2) is 0 Å². The monoisotopic (exact) mass is 365 g/mol. The Morgan fingerprint density at radius 1 is 1.21 bits per heavy atom. The van der Waals surface area contributed by atoms with Gasteiger partial charge < -0.3 is 4.74 Å². The van der Waals surface area contributed by atoms with E-state index in [1.807, 2.05) is 43.3 Å². The second kappa shape index (κ2) is 5.16. The third kappa shape index (κ3) is 2.30. The lowest BCUT2D eigenvalue weighted by molar-refractivity contribution is 0.340. The molecule has 4 nitrogen and oxygen atoms in total. The summed E-state index contributed by atoms with van der Waals surface area (Å²) < 4.78 is 8.21. The van der Waals surface area contributed by atoms with Gasteiger partial charge in [-0.15, -0.1) is 9.73 Å². The lowest BCUT2D eigenvalue weighted by Gasteiger charge is -2.03. The molecule has 0 atom stereocenters. The zero-order valence-electron chi connectivity index (χ0n) is 10.4. The Kier molecular flexibility index (Phi) is 3.37. The highest BCUT2D eigenvalue weighted by molar-refractivity contribution is 14.1. The first-order chi connectivity index (χ1) is 9.29. The van der Waals surface area contributed by atoms with Crippen LogP contribution in [0.3, 0.4) is 0 Å². The molecule has 1 aromatic carbocycles. The van der Waals surface area contributed by atoms with Crippen molar-refractivity contribution in [2.75, 3.05) is 6.61 Å². The lowest BCUT2D eigenvalue weighted by atomic mass is 10.1. The maximum absolute atomic E-state index is 5.45. The van der Waals surface area contributed by atoms with Crippen molar-refractivity contribution in [1.82, 2.24) is 14.8 Å². The molecule has 0 bridgehead atoms. The van der Waals surface area contributed by atoms with E-state index >= 15 is 0 Å². The average molecular weight is 365 g/mol. The average Bonchev–Trinajstić information content (AvgIpc) is 2.78. The van der Waals surface area contributed by atoms with Gasteiger partial charge in [-0.2, -0.15) is 5.10 Å². The molecule has 5 heteroatoms. The van der Waals surface area contributed by atoms with E-state index in [9.17, 15) is 0 Å². The van der Waals surface area contributed by atoms with Crippen molar-refractivity contribution in [1.29, 1.82) is 0 Å². The van der Waals surface area contributed by atoms with Crippen molar-refractivity contribution in [3.63, 3.8) is 0 Å². The van der Waals surface area contributed by atoms with E-state index in [0.717, 1.165) is 26.1 Å². The number of aromatic nitrogens is 3. The van der Waals surface area contributed by atoms with Crippen LogP contribution in [-0.4, -0.2) is 21.4 Å². The fourth-order valence-electron chi connectivity index (χ4n) is 1.93. The zero-order valence-corrected chi connectivity index (χ0v) is 12.5. The molecule has 0 fully saturated rings. The summed E-state index contributed by atoms with van der Waals surface area (Å²) in [6.07, 6.45) is 1.73. The largest absolute Gasteiger partial charge is 0.494 e. The van der Waals surface area contributed by atoms with Crippen molar-refractivity contribution in [3.05, 3.63) is 46.2 Å². The van der Waals surface area contributed by atoms with Crippen LogP contribution < -0.4 is 4.74 Å². The smallest absolute Gasteiger partial charge is 0.119 e. The fourth-order valence-corrected chi connectivity index (χ4v) is 2.74. The van der Waals surface area contributed by atoms with E-state index in [4.69, 9.17) is 4.74 Å². The van der Waals surface area contributed by atoms with Gasteiger partial charge in [0, 0.05) is 11.8 Å². The van der Waals surface area contributed by atoms with Crippen molar-refractivity contribution in [2.24, 2.45) is 0 Å². The van der Waals surface area contributed by atoms with Crippen LogP contribution in [0.5, 0.6) is 5.75 Å². The molecule has 2 aromatic heterocycles. The van der Waals surface area contributed by atoms with Crippen molar-refractivity contribution >= 4 is 28.1 Å². The van der Waals surface area contributed by atoms with Crippen molar-refractivity contribution in [2.45, 2.75) is 6.92 Å². The molecule has 0 aliphatic carbocycles. The van der Waals surface area contributed by atoms with Gasteiger partial charge >= 0.3 is 0 Å². The second-order valence-corrected chi connectivity index (χ2v) is 5.10. The van der Waals surface area contributed by atoms with E-state index in [1.54, 1.807) is 10.8 Å². The molecule has 0 unspecified atom stereocenters. The molecule has 0 aliphatic heterocycles. The number of rotatable bonds is 3. The Hall–Kier alpha value is -1.63. The second-order valence-electron chi connectivity index (χ2n) is 4.02. The van der Waals surface area contributed by atoms with Gasteiger partial charge in [-0.3, -0.25) is 0 Å². The molecule has 0 amide bonds. The minimum Gasteiger partial charge on any atom is -0.494 e. The lowest BCUT2D eigenvalue weighted by Crippen LogP contribution is -1.92. The zero-order chi connectivity index (χ0) is 13.2. The molecule has 0 aliphatic rings. The number of ether oxygens (including phenoxy) is 1. The molecule has 3 rings (SSSR count). The summed E-state index contributed by atoms with van der Waals surface area (Å²) in [6.45, 7) is 2.65. The molecule has 0 radical (unpaired) electrons. The fraction of sp³-hybridized carbons (Fsp3) is 0.143. The third-order valence-electron chi connectivity index (χ3n) is 2.80. The summed E-state index contributed by atoms with van der Waals surface area (Å²) >= 11 is 2.31. The Morgan fingerprint density at radius 3 is 2.68 bits per heavy atom. The normalized spacial score (nSPS) is 10.8. The van der Waals surface area contributed by atoms with Gasteiger partial charge in [-0.05, 0) is 65.9 Å². The van der Waals surface area contributed by atoms with Gasteiger partial charge in [0.1, 0.15) is 17.0 Å². The van der Waals surface area contributed by atoms with Crippen LogP contribution in [0.4, 0.5) is 0 Å². The number of hydrogen-bond acceptors (Lipinski definition) is 3. The highest BCUT2D eigenvalue weighted by Crippen LogP contribution is 2.28. The Morgan fingerprint density at radius 2 is 2.00 bits per heavy atom. The van der Waals surface area contributed by atoms with Crippen LogP contribution >= 0.6 is 22.6 Å². The summed E-state index contributed by atoms with van der Waals surface area (Å²) in [5.74, 6) is 0.878. The minimum absolute atomic E-state index is 0.676. The molecular formula is C14H12IN3O. The Balaban J connectivity index is 2.06. The van der Waals surface area contributed by atoms with Crippen LogP contribution in [0.25, 0.3) is 16.8 Å². The molecule has 2 heterocycles. The van der Waals surface area contributed by atoms with Gasteiger partial charge in [0.25, 0.3) is 0 Å². The van der Waals surface area contributed by atoms with Crippen LogP contribution in [0.1, 0.15) is 6.92 Å². The number of fused-ring (bicyclic) bond motifs is 1. The minimum atomic E-state index is 0.676. The van der Waals surface area contributed by atoms with E-state index < -0.39 is 0 Å². The first kappa shape index (κ1) is 12.4. The van der Waals surface area contributed by atoms with Crippen LogP contribution in [0.15, 0.2) is 42.6 Å². The van der Waals surface area contributed by atoms with Gasteiger partial charge in [-0.25, -0.2) is 0 Å². The number of nitrogens with zero attached hydrogens (tertiary/aromatic N) is 3. The molecule has 3 aromatic rings. The topological polar surface area (TPSA) is 39.4 Å². The molecule has 0 N–H and O–H groups in total. The van der Waals surface area contributed by atoms with Gasteiger partial charge in [-0.1, -0.05) is 0 Å². The van der Waals surface area contributed by atoms with Gasteiger partial charge in [0.2, 0.25) is 0 Å². The number of halogens is 1. The predicted molar refractivity (Wildman–Crippen MR) is 82.3 cm³/mol. The predicted octanol–water partition coefficient (Wildman–Crippen LogP) is 3.40. The summed E-state index contributed by atoms with van der Waals surface area (Å²) in [7, 11) is 0. The standard InChI is InChI=1S/C14H12IN3O/c1-2-19-11-7-5-10(6-8-11)14-13(15)12-4-3-9-16-18(12)17-14/h3-9H,2H2,1H3. The summed E-state index contributed by atoms with van der Waals surface area (Å²) in [5, 5.41) is 8.73. The Labute approximate surface area is 124 Å². The number of benzene rings is 1. The van der Waals surface area contributed by atoms with Crippen LogP contribution in [-0.2, 0) is 0 Å². The SMILES string of the molecule is CCOc1ccc(-c2nn3ncccc3c2I)cc1. The summed E-state index contributed by atoms with van der Waals surface area (Å²) in [6, 6.07) is 11.9. The molecule has 19 heavy (non-hydrogen) atoms. The first-order valence-electron chi connectivity index (χ1n) is 6.02. The molecule has 0 saturated carbocycles. The van der Waals surface area contributed by atoms with E-state index in [0.29, 0.717) is 6.61 Å². The third-order valence-corrected chi connectivity index (χ3v) is 3.86.